The van der Waals surface area contributed by atoms with Crippen molar-refractivity contribution in [1.29, 1.82) is 0 Å². The number of imidazole rings is 1. The molecule has 0 spiro atoms. The summed E-state index contributed by atoms with van der Waals surface area (Å²) in [5, 5.41) is 3.48. The molecule has 1 aliphatic carbocycles. The van der Waals surface area contributed by atoms with Crippen molar-refractivity contribution in [1.82, 2.24) is 9.55 Å². The molecule has 1 atom stereocenters. The van der Waals surface area contributed by atoms with E-state index in [1.807, 2.05) is 36.4 Å². The van der Waals surface area contributed by atoms with E-state index in [0.717, 1.165) is 40.2 Å². The van der Waals surface area contributed by atoms with Gasteiger partial charge < -0.3 is 19.5 Å². The average molecular weight is 434 g/mol. The standard InChI is InChI=1S/C25H27N3O4/c1-25(2)12-16-20(18(29)13-25)21(14-10-11-19(30-3)23(32-5)22(14)31-4)28-17-9-7-6-8-15(17)26-24(28)27-16/h6-11,21H,12-13H2,1-5H3,(H,26,27)/t21-/m1/s1. The fraction of sp³-hybridized carbons (Fsp3) is 0.360. The van der Waals surface area contributed by atoms with Gasteiger partial charge in [-0.15, -0.1) is 0 Å². The van der Waals surface area contributed by atoms with E-state index in [0.29, 0.717) is 23.7 Å². The lowest BCUT2D eigenvalue weighted by Crippen LogP contribution is -2.36. The van der Waals surface area contributed by atoms with Gasteiger partial charge in [0, 0.05) is 23.3 Å². The SMILES string of the molecule is COc1ccc([C@@H]2C3=C(CC(C)(C)CC3=O)Nc3nc4ccccc4n32)c(OC)c1OC. The second-order valence-corrected chi connectivity index (χ2v) is 9.08. The first-order valence-electron chi connectivity index (χ1n) is 10.7. The van der Waals surface area contributed by atoms with Crippen LogP contribution in [-0.4, -0.2) is 36.7 Å². The summed E-state index contributed by atoms with van der Waals surface area (Å²) in [6.07, 6.45) is 1.25. The minimum atomic E-state index is -0.396. The Morgan fingerprint density at radius 3 is 2.47 bits per heavy atom. The molecule has 5 rings (SSSR count). The lowest BCUT2D eigenvalue weighted by molar-refractivity contribution is -0.118. The molecule has 0 bridgehead atoms. The fourth-order valence-corrected chi connectivity index (χ4v) is 5.06. The molecule has 2 aromatic carbocycles. The number of benzene rings is 2. The number of hydrogen-bond donors (Lipinski definition) is 1. The first kappa shape index (κ1) is 20.4. The average Bonchev–Trinajstić information content (AvgIpc) is 3.13. The Labute approximate surface area is 187 Å². The van der Waals surface area contributed by atoms with Crippen LogP contribution in [0.2, 0.25) is 0 Å². The van der Waals surface area contributed by atoms with Gasteiger partial charge in [0.05, 0.1) is 38.4 Å². The van der Waals surface area contributed by atoms with Crippen molar-refractivity contribution in [3.63, 3.8) is 0 Å². The van der Waals surface area contributed by atoms with Gasteiger partial charge in [-0.2, -0.15) is 0 Å². The lowest BCUT2D eigenvalue weighted by atomic mass is 9.73. The number of allylic oxidation sites excluding steroid dienone is 2. The van der Waals surface area contributed by atoms with Crippen LogP contribution in [0.1, 0.15) is 38.3 Å². The number of para-hydroxylation sites is 2. The summed E-state index contributed by atoms with van der Waals surface area (Å²) in [6, 6.07) is 11.4. The number of carbonyl (C=O) groups is 1. The van der Waals surface area contributed by atoms with E-state index in [1.165, 1.54) is 0 Å². The molecular formula is C25H27N3O4. The van der Waals surface area contributed by atoms with E-state index in [1.54, 1.807) is 21.3 Å². The highest BCUT2D eigenvalue weighted by molar-refractivity contribution is 6.01. The quantitative estimate of drug-likeness (QED) is 0.642. The molecular weight excluding hydrogens is 406 g/mol. The number of fused-ring (bicyclic) bond motifs is 3. The van der Waals surface area contributed by atoms with E-state index < -0.39 is 6.04 Å². The summed E-state index contributed by atoms with van der Waals surface area (Å²) in [6.45, 7) is 4.25. The van der Waals surface area contributed by atoms with E-state index in [9.17, 15) is 4.79 Å². The third-order valence-electron chi connectivity index (χ3n) is 6.34. The molecule has 0 saturated carbocycles. The van der Waals surface area contributed by atoms with Crippen LogP contribution in [-0.2, 0) is 4.79 Å². The summed E-state index contributed by atoms with van der Waals surface area (Å²) in [5.74, 6) is 2.48. The Bertz CT molecular complexity index is 1270. The molecule has 1 N–H and O–H groups in total. The summed E-state index contributed by atoms with van der Waals surface area (Å²) >= 11 is 0. The third-order valence-corrected chi connectivity index (χ3v) is 6.34. The van der Waals surface area contributed by atoms with Gasteiger partial charge in [-0.1, -0.05) is 26.0 Å². The van der Waals surface area contributed by atoms with Crippen molar-refractivity contribution in [2.75, 3.05) is 26.6 Å². The number of nitrogens with one attached hydrogen (secondary N) is 1. The van der Waals surface area contributed by atoms with Crippen LogP contribution in [0.4, 0.5) is 5.95 Å². The number of hydrogen-bond acceptors (Lipinski definition) is 6. The molecule has 2 heterocycles. The molecule has 1 aliphatic heterocycles. The molecule has 0 amide bonds. The summed E-state index contributed by atoms with van der Waals surface area (Å²) < 4.78 is 19.1. The molecule has 0 unspecified atom stereocenters. The van der Waals surface area contributed by atoms with Crippen LogP contribution in [0.15, 0.2) is 47.7 Å². The highest BCUT2D eigenvalue weighted by atomic mass is 16.5. The zero-order chi connectivity index (χ0) is 22.6. The monoisotopic (exact) mass is 433 g/mol. The van der Waals surface area contributed by atoms with Crippen molar-refractivity contribution in [3.05, 3.63) is 53.2 Å². The molecule has 7 heteroatoms. The Morgan fingerprint density at radius 2 is 1.75 bits per heavy atom. The van der Waals surface area contributed by atoms with Crippen LogP contribution < -0.4 is 19.5 Å². The van der Waals surface area contributed by atoms with Gasteiger partial charge in [0.15, 0.2) is 17.3 Å². The van der Waals surface area contributed by atoms with E-state index in [-0.39, 0.29) is 11.2 Å². The maximum atomic E-state index is 13.5. The molecule has 32 heavy (non-hydrogen) atoms. The molecule has 0 saturated heterocycles. The van der Waals surface area contributed by atoms with Crippen LogP contribution in [0.3, 0.4) is 0 Å². The van der Waals surface area contributed by atoms with E-state index >= 15 is 0 Å². The number of Topliss-reactive ketones (excluding diaryl/α,β-unsaturated/α-hetero) is 1. The summed E-state index contributed by atoms with van der Waals surface area (Å²) in [7, 11) is 4.79. The highest BCUT2D eigenvalue weighted by Gasteiger charge is 2.43. The van der Waals surface area contributed by atoms with Crippen LogP contribution >= 0.6 is 0 Å². The van der Waals surface area contributed by atoms with Crippen LogP contribution in [0.25, 0.3) is 11.0 Å². The maximum absolute atomic E-state index is 13.5. The Kier molecular flexibility index (Phi) is 4.65. The van der Waals surface area contributed by atoms with Crippen molar-refractivity contribution in [3.8, 4) is 17.2 Å². The minimum Gasteiger partial charge on any atom is -0.493 e. The Morgan fingerprint density at radius 1 is 1.00 bits per heavy atom. The van der Waals surface area contributed by atoms with E-state index in [2.05, 4.69) is 23.7 Å². The van der Waals surface area contributed by atoms with Gasteiger partial charge in [0.2, 0.25) is 11.7 Å². The predicted octanol–water partition coefficient (Wildman–Crippen LogP) is 4.72. The molecule has 0 fully saturated rings. The minimum absolute atomic E-state index is 0.122. The van der Waals surface area contributed by atoms with Gasteiger partial charge in [0.25, 0.3) is 0 Å². The van der Waals surface area contributed by atoms with Gasteiger partial charge >= 0.3 is 0 Å². The van der Waals surface area contributed by atoms with Crippen molar-refractivity contribution in [2.24, 2.45) is 5.41 Å². The lowest BCUT2D eigenvalue weighted by Gasteiger charge is -2.39. The first-order valence-corrected chi connectivity index (χ1v) is 10.7. The smallest absolute Gasteiger partial charge is 0.209 e. The molecule has 3 aromatic rings. The van der Waals surface area contributed by atoms with Crippen LogP contribution in [0, 0.1) is 5.41 Å². The number of anilines is 1. The van der Waals surface area contributed by atoms with Gasteiger partial charge in [0.1, 0.15) is 0 Å². The normalized spacial score (nSPS) is 19.3. The zero-order valence-electron chi connectivity index (χ0n) is 19.0. The summed E-state index contributed by atoms with van der Waals surface area (Å²) in [5.41, 5.74) is 4.20. The predicted molar refractivity (Wildman–Crippen MR) is 123 cm³/mol. The maximum Gasteiger partial charge on any atom is 0.209 e. The summed E-state index contributed by atoms with van der Waals surface area (Å²) in [4.78, 5) is 18.4. The number of ketones is 1. The first-order chi connectivity index (χ1) is 15.4. The van der Waals surface area contributed by atoms with Crippen molar-refractivity contribution >= 4 is 22.8 Å². The van der Waals surface area contributed by atoms with Gasteiger partial charge in [-0.25, -0.2) is 4.98 Å². The van der Waals surface area contributed by atoms with Gasteiger partial charge in [-0.3, -0.25) is 9.36 Å². The Hall–Kier alpha value is -3.48. The third kappa shape index (κ3) is 2.95. The molecule has 1 aromatic heterocycles. The largest absolute Gasteiger partial charge is 0.493 e. The number of aromatic nitrogens is 2. The molecule has 0 radical (unpaired) electrons. The van der Waals surface area contributed by atoms with Crippen molar-refractivity contribution < 1.29 is 19.0 Å². The Balaban J connectivity index is 1.83. The second-order valence-electron chi connectivity index (χ2n) is 9.08. The van der Waals surface area contributed by atoms with Crippen molar-refractivity contribution in [2.45, 2.75) is 32.7 Å². The number of methoxy groups -OCH3 is 3. The number of carbonyl (C=O) groups excluding carboxylic acids is 1. The van der Waals surface area contributed by atoms with E-state index in [4.69, 9.17) is 19.2 Å². The topological polar surface area (TPSA) is 74.6 Å². The highest BCUT2D eigenvalue weighted by Crippen LogP contribution is 2.51. The number of ether oxygens (including phenoxy) is 3. The number of nitrogens with zero attached hydrogens (tertiary/aromatic N) is 2. The number of rotatable bonds is 4. The van der Waals surface area contributed by atoms with Crippen LogP contribution in [0.5, 0.6) is 17.2 Å². The molecule has 7 nitrogen and oxygen atoms in total. The van der Waals surface area contributed by atoms with Gasteiger partial charge in [-0.05, 0) is 36.1 Å². The molecule has 166 valence electrons. The fourth-order valence-electron chi connectivity index (χ4n) is 5.06. The molecule has 2 aliphatic rings. The zero-order valence-corrected chi connectivity index (χ0v) is 19.0. The second kappa shape index (κ2) is 7.29.